The molecule has 0 radical (unpaired) electrons. The SMILES string of the molecule is COc1ccccc1OCC(O)CNCCCOC(c1ccccc1)c1ccccc1.O=C(O)C(=O)O. The molecular weight excluding hydrogens is 478 g/mol. The first-order valence-electron chi connectivity index (χ1n) is 11.7. The Labute approximate surface area is 216 Å². The summed E-state index contributed by atoms with van der Waals surface area (Å²) >= 11 is 0. The van der Waals surface area contributed by atoms with E-state index >= 15 is 0 Å². The summed E-state index contributed by atoms with van der Waals surface area (Å²) in [7, 11) is 1.60. The Hall–Kier alpha value is -3.92. The van der Waals surface area contributed by atoms with Gasteiger partial charge in [0.15, 0.2) is 11.5 Å². The third-order valence-electron chi connectivity index (χ3n) is 5.05. The van der Waals surface area contributed by atoms with E-state index in [0.29, 0.717) is 24.7 Å². The van der Waals surface area contributed by atoms with Crippen LogP contribution in [-0.4, -0.2) is 66.8 Å². The summed E-state index contributed by atoms with van der Waals surface area (Å²) in [5.74, 6) is -2.36. The molecule has 3 aromatic carbocycles. The molecule has 1 atom stereocenters. The van der Waals surface area contributed by atoms with Crippen molar-refractivity contribution < 1.29 is 39.1 Å². The average Bonchev–Trinajstić information content (AvgIpc) is 2.93. The predicted molar refractivity (Wildman–Crippen MR) is 138 cm³/mol. The smallest absolute Gasteiger partial charge is 0.414 e. The zero-order valence-corrected chi connectivity index (χ0v) is 20.7. The number of aliphatic carboxylic acids is 2. The van der Waals surface area contributed by atoms with Gasteiger partial charge in [0, 0.05) is 13.2 Å². The van der Waals surface area contributed by atoms with Gasteiger partial charge in [0.25, 0.3) is 0 Å². The second kappa shape index (κ2) is 16.7. The molecule has 0 aliphatic rings. The van der Waals surface area contributed by atoms with Crippen LogP contribution in [0.5, 0.6) is 11.5 Å². The minimum Gasteiger partial charge on any atom is -0.493 e. The molecule has 0 aliphatic heterocycles. The molecule has 9 heteroatoms. The minimum atomic E-state index is -1.82. The first-order chi connectivity index (χ1) is 17.9. The van der Waals surface area contributed by atoms with Crippen LogP contribution in [0.15, 0.2) is 84.9 Å². The highest BCUT2D eigenvalue weighted by molar-refractivity contribution is 6.27. The molecule has 4 N–H and O–H groups in total. The van der Waals surface area contributed by atoms with Gasteiger partial charge in [-0.3, -0.25) is 0 Å². The Kier molecular flexibility index (Phi) is 13.2. The van der Waals surface area contributed by atoms with Crippen molar-refractivity contribution in [3.8, 4) is 11.5 Å². The molecular formula is C28H33NO8. The lowest BCUT2D eigenvalue weighted by Gasteiger charge is -2.19. The van der Waals surface area contributed by atoms with Gasteiger partial charge in [0.05, 0.1) is 7.11 Å². The van der Waals surface area contributed by atoms with Crippen molar-refractivity contribution >= 4 is 11.9 Å². The number of para-hydroxylation sites is 2. The summed E-state index contributed by atoms with van der Waals surface area (Å²) in [5, 5.41) is 28.2. The number of hydrogen-bond donors (Lipinski definition) is 4. The molecule has 0 heterocycles. The lowest BCUT2D eigenvalue weighted by atomic mass is 10.0. The van der Waals surface area contributed by atoms with Gasteiger partial charge >= 0.3 is 11.9 Å². The molecule has 1 unspecified atom stereocenters. The Morgan fingerprint density at radius 2 is 1.32 bits per heavy atom. The number of nitrogens with one attached hydrogen (secondary N) is 1. The number of methoxy groups -OCH3 is 1. The maximum Gasteiger partial charge on any atom is 0.414 e. The van der Waals surface area contributed by atoms with Crippen LogP contribution < -0.4 is 14.8 Å². The topological polar surface area (TPSA) is 135 Å². The van der Waals surface area contributed by atoms with Crippen LogP contribution in [-0.2, 0) is 14.3 Å². The molecule has 3 aromatic rings. The molecule has 0 aliphatic carbocycles. The number of ether oxygens (including phenoxy) is 3. The summed E-state index contributed by atoms with van der Waals surface area (Å²) in [6.45, 7) is 2.03. The van der Waals surface area contributed by atoms with E-state index in [1.54, 1.807) is 7.11 Å². The van der Waals surface area contributed by atoms with Crippen LogP contribution in [0.3, 0.4) is 0 Å². The molecule has 0 fully saturated rings. The molecule has 198 valence electrons. The molecule has 0 bridgehead atoms. The number of hydrogen-bond acceptors (Lipinski definition) is 7. The Bertz CT molecular complexity index is 1010. The highest BCUT2D eigenvalue weighted by Crippen LogP contribution is 2.26. The average molecular weight is 512 g/mol. The van der Waals surface area contributed by atoms with E-state index in [9.17, 15) is 5.11 Å². The number of benzene rings is 3. The van der Waals surface area contributed by atoms with E-state index in [4.69, 9.17) is 34.0 Å². The third kappa shape index (κ3) is 11.1. The lowest BCUT2D eigenvalue weighted by Crippen LogP contribution is -2.32. The van der Waals surface area contributed by atoms with E-state index in [0.717, 1.165) is 24.1 Å². The summed E-state index contributed by atoms with van der Waals surface area (Å²) in [4.78, 5) is 18.2. The van der Waals surface area contributed by atoms with Gasteiger partial charge in [-0.1, -0.05) is 72.8 Å². The molecule has 0 amide bonds. The maximum absolute atomic E-state index is 10.2. The molecule has 0 saturated heterocycles. The molecule has 3 rings (SSSR count). The van der Waals surface area contributed by atoms with Crippen molar-refractivity contribution in [2.24, 2.45) is 0 Å². The first-order valence-corrected chi connectivity index (χ1v) is 11.7. The highest BCUT2D eigenvalue weighted by atomic mass is 16.5. The van der Waals surface area contributed by atoms with Crippen molar-refractivity contribution in [1.29, 1.82) is 0 Å². The van der Waals surface area contributed by atoms with Gasteiger partial charge in [0.1, 0.15) is 18.8 Å². The van der Waals surface area contributed by atoms with Gasteiger partial charge in [-0.25, -0.2) is 9.59 Å². The fourth-order valence-corrected chi connectivity index (χ4v) is 3.29. The lowest BCUT2D eigenvalue weighted by molar-refractivity contribution is -0.159. The summed E-state index contributed by atoms with van der Waals surface area (Å²) in [6.07, 6.45) is 0.158. The van der Waals surface area contributed by atoms with Crippen molar-refractivity contribution in [3.05, 3.63) is 96.1 Å². The van der Waals surface area contributed by atoms with Crippen LogP contribution in [0.25, 0.3) is 0 Å². The van der Waals surface area contributed by atoms with E-state index in [-0.39, 0.29) is 12.7 Å². The molecule has 0 saturated carbocycles. The molecule has 0 spiro atoms. The Morgan fingerprint density at radius 3 is 1.84 bits per heavy atom. The molecule has 9 nitrogen and oxygen atoms in total. The van der Waals surface area contributed by atoms with Crippen LogP contribution in [0.4, 0.5) is 0 Å². The zero-order chi connectivity index (χ0) is 26.9. The van der Waals surface area contributed by atoms with Crippen LogP contribution in [0.2, 0.25) is 0 Å². The first kappa shape index (κ1) is 29.3. The summed E-state index contributed by atoms with van der Waals surface area (Å²) < 4.78 is 17.1. The van der Waals surface area contributed by atoms with Gasteiger partial charge in [-0.05, 0) is 36.2 Å². The minimum absolute atomic E-state index is 0.0813. The van der Waals surface area contributed by atoms with Crippen molar-refractivity contribution in [1.82, 2.24) is 5.32 Å². The number of aliphatic hydroxyl groups excluding tert-OH is 1. The van der Waals surface area contributed by atoms with Crippen molar-refractivity contribution in [3.63, 3.8) is 0 Å². The monoisotopic (exact) mass is 511 g/mol. The van der Waals surface area contributed by atoms with E-state index in [1.807, 2.05) is 60.7 Å². The Balaban J connectivity index is 0.000000717. The van der Waals surface area contributed by atoms with Crippen LogP contribution >= 0.6 is 0 Å². The standard InChI is InChI=1S/C26H31NO4.C2H2O4/c1-29-24-15-8-9-16-25(24)31-20-23(28)19-27-17-10-18-30-26(21-11-4-2-5-12-21)22-13-6-3-7-14-22;3-1(4)2(5)6/h2-9,11-16,23,26-28H,10,17-20H2,1H3;(H,3,4)(H,5,6). The maximum atomic E-state index is 10.2. The number of rotatable bonds is 13. The van der Waals surface area contributed by atoms with Crippen molar-refractivity contribution in [2.75, 3.05) is 33.4 Å². The van der Waals surface area contributed by atoms with E-state index in [1.165, 1.54) is 0 Å². The molecule has 37 heavy (non-hydrogen) atoms. The largest absolute Gasteiger partial charge is 0.493 e. The van der Waals surface area contributed by atoms with Gasteiger partial charge in [0.2, 0.25) is 0 Å². The number of carboxylic acids is 2. The number of carboxylic acid groups (broad SMARTS) is 2. The van der Waals surface area contributed by atoms with E-state index < -0.39 is 18.0 Å². The predicted octanol–water partition coefficient (Wildman–Crippen LogP) is 3.38. The highest BCUT2D eigenvalue weighted by Gasteiger charge is 2.14. The third-order valence-corrected chi connectivity index (χ3v) is 5.05. The van der Waals surface area contributed by atoms with Gasteiger partial charge in [-0.2, -0.15) is 0 Å². The van der Waals surface area contributed by atoms with Gasteiger partial charge < -0.3 is 34.8 Å². The van der Waals surface area contributed by atoms with Gasteiger partial charge in [-0.15, -0.1) is 0 Å². The number of carbonyl (C=O) groups is 2. The van der Waals surface area contributed by atoms with Crippen molar-refractivity contribution in [2.45, 2.75) is 18.6 Å². The van der Waals surface area contributed by atoms with Crippen LogP contribution in [0, 0.1) is 0 Å². The Morgan fingerprint density at radius 1 is 0.811 bits per heavy atom. The second-order valence-corrected chi connectivity index (χ2v) is 7.86. The second-order valence-electron chi connectivity index (χ2n) is 7.86. The van der Waals surface area contributed by atoms with Crippen LogP contribution in [0.1, 0.15) is 23.7 Å². The molecule has 0 aromatic heterocycles. The summed E-state index contributed by atoms with van der Waals surface area (Å²) in [6, 6.07) is 27.9. The quantitative estimate of drug-likeness (QED) is 0.201. The normalized spacial score (nSPS) is 11.2. The number of aliphatic hydroxyl groups is 1. The summed E-state index contributed by atoms with van der Waals surface area (Å²) in [5.41, 5.74) is 2.29. The fraction of sp³-hybridized carbons (Fsp3) is 0.286. The zero-order valence-electron chi connectivity index (χ0n) is 20.7. The van der Waals surface area contributed by atoms with E-state index in [2.05, 4.69) is 29.6 Å². The fourth-order valence-electron chi connectivity index (χ4n) is 3.29.